The largest absolute Gasteiger partial charge is 0.508 e. The molecular formula is C11H12O4. The molecule has 0 saturated heterocycles. The highest BCUT2D eigenvalue weighted by Crippen LogP contribution is 2.18. The maximum Gasteiger partial charge on any atom is 0.306 e. The SMILES string of the molecule is CC(Cc1ccc(O)cc1C=O)C(=O)O. The fourth-order valence-electron chi connectivity index (χ4n) is 1.30. The maximum absolute atomic E-state index is 10.7. The lowest BCUT2D eigenvalue weighted by atomic mass is 9.97. The molecule has 0 amide bonds. The van der Waals surface area contributed by atoms with Gasteiger partial charge in [-0.3, -0.25) is 9.59 Å². The molecular weight excluding hydrogens is 196 g/mol. The molecule has 4 heteroatoms. The number of aliphatic carboxylic acids is 1. The summed E-state index contributed by atoms with van der Waals surface area (Å²) in [5, 5.41) is 17.9. The summed E-state index contributed by atoms with van der Waals surface area (Å²) in [4.78, 5) is 21.3. The number of rotatable bonds is 4. The van der Waals surface area contributed by atoms with Crippen molar-refractivity contribution in [3.8, 4) is 5.75 Å². The Kier molecular flexibility index (Phi) is 3.44. The molecule has 0 saturated carbocycles. The van der Waals surface area contributed by atoms with E-state index in [-0.39, 0.29) is 12.2 Å². The average Bonchev–Trinajstić information content (AvgIpc) is 2.20. The molecule has 80 valence electrons. The summed E-state index contributed by atoms with van der Waals surface area (Å²) < 4.78 is 0. The Morgan fingerprint density at radius 3 is 2.73 bits per heavy atom. The van der Waals surface area contributed by atoms with Crippen LogP contribution >= 0.6 is 0 Å². The first-order valence-electron chi connectivity index (χ1n) is 4.54. The van der Waals surface area contributed by atoms with Crippen molar-refractivity contribution < 1.29 is 19.8 Å². The van der Waals surface area contributed by atoms with Gasteiger partial charge in [-0.15, -0.1) is 0 Å². The van der Waals surface area contributed by atoms with E-state index in [0.717, 1.165) is 0 Å². The molecule has 0 bridgehead atoms. The number of aldehydes is 1. The molecule has 1 aromatic carbocycles. The van der Waals surface area contributed by atoms with Gasteiger partial charge >= 0.3 is 5.97 Å². The molecule has 0 aliphatic carbocycles. The second kappa shape index (κ2) is 4.59. The minimum Gasteiger partial charge on any atom is -0.508 e. The molecule has 0 aromatic heterocycles. The van der Waals surface area contributed by atoms with Crippen molar-refractivity contribution in [2.24, 2.45) is 5.92 Å². The molecule has 4 nitrogen and oxygen atoms in total. The predicted molar refractivity (Wildman–Crippen MR) is 54.0 cm³/mol. The van der Waals surface area contributed by atoms with Crippen molar-refractivity contribution in [2.45, 2.75) is 13.3 Å². The van der Waals surface area contributed by atoms with E-state index in [2.05, 4.69) is 0 Å². The number of benzene rings is 1. The molecule has 2 N–H and O–H groups in total. The molecule has 1 rings (SSSR count). The first kappa shape index (κ1) is 11.2. The van der Waals surface area contributed by atoms with E-state index in [4.69, 9.17) is 10.2 Å². The number of carbonyl (C=O) groups is 2. The molecule has 15 heavy (non-hydrogen) atoms. The smallest absolute Gasteiger partial charge is 0.306 e. The minimum absolute atomic E-state index is 0.00354. The number of phenols is 1. The van der Waals surface area contributed by atoms with Crippen LogP contribution in [0.2, 0.25) is 0 Å². The maximum atomic E-state index is 10.7. The van der Waals surface area contributed by atoms with Crippen LogP contribution in [0.15, 0.2) is 18.2 Å². The zero-order chi connectivity index (χ0) is 11.4. The molecule has 0 aliphatic heterocycles. The number of carboxylic acids is 1. The van der Waals surface area contributed by atoms with E-state index in [0.29, 0.717) is 17.4 Å². The van der Waals surface area contributed by atoms with Crippen LogP contribution in [-0.2, 0) is 11.2 Å². The normalized spacial score (nSPS) is 12.1. The van der Waals surface area contributed by atoms with E-state index >= 15 is 0 Å². The Balaban J connectivity index is 2.94. The Labute approximate surface area is 87.2 Å². The number of phenolic OH excluding ortho intramolecular Hbond substituents is 1. The predicted octanol–water partition coefficient (Wildman–Crippen LogP) is 1.47. The first-order chi connectivity index (χ1) is 7.04. The highest BCUT2D eigenvalue weighted by molar-refractivity contribution is 5.79. The van der Waals surface area contributed by atoms with Crippen molar-refractivity contribution in [3.05, 3.63) is 29.3 Å². The monoisotopic (exact) mass is 208 g/mol. The summed E-state index contributed by atoms with van der Waals surface area (Å²) in [5.41, 5.74) is 0.973. The van der Waals surface area contributed by atoms with Gasteiger partial charge in [-0.1, -0.05) is 13.0 Å². The van der Waals surface area contributed by atoms with Crippen LogP contribution < -0.4 is 0 Å². The lowest BCUT2D eigenvalue weighted by molar-refractivity contribution is -0.141. The van der Waals surface area contributed by atoms with Gasteiger partial charge in [0, 0.05) is 5.56 Å². The van der Waals surface area contributed by atoms with Gasteiger partial charge in [0.15, 0.2) is 0 Å². The molecule has 0 heterocycles. The summed E-state index contributed by atoms with van der Waals surface area (Å²) >= 11 is 0. The van der Waals surface area contributed by atoms with Crippen molar-refractivity contribution >= 4 is 12.3 Å². The fourth-order valence-corrected chi connectivity index (χ4v) is 1.30. The van der Waals surface area contributed by atoms with Crippen LogP contribution in [0.4, 0.5) is 0 Å². The summed E-state index contributed by atoms with van der Waals surface area (Å²) in [7, 11) is 0. The Hall–Kier alpha value is -1.84. The molecule has 0 radical (unpaired) electrons. The molecule has 1 atom stereocenters. The molecule has 0 spiro atoms. The standard InChI is InChI=1S/C11H12O4/c1-7(11(14)15)4-8-2-3-10(13)5-9(8)6-12/h2-3,5-7,13H,4H2,1H3,(H,14,15). The number of hydrogen-bond acceptors (Lipinski definition) is 3. The van der Waals surface area contributed by atoms with Gasteiger partial charge in [-0.25, -0.2) is 0 Å². The Morgan fingerprint density at radius 2 is 2.20 bits per heavy atom. The molecule has 0 fully saturated rings. The highest BCUT2D eigenvalue weighted by Gasteiger charge is 2.13. The van der Waals surface area contributed by atoms with Crippen LogP contribution in [0.3, 0.4) is 0 Å². The third-order valence-corrected chi connectivity index (χ3v) is 2.20. The molecule has 1 aromatic rings. The van der Waals surface area contributed by atoms with Crippen LogP contribution in [0.25, 0.3) is 0 Å². The van der Waals surface area contributed by atoms with Gasteiger partial charge in [-0.05, 0) is 24.1 Å². The second-order valence-electron chi connectivity index (χ2n) is 3.44. The van der Waals surface area contributed by atoms with Gasteiger partial charge in [0.25, 0.3) is 0 Å². The average molecular weight is 208 g/mol. The highest BCUT2D eigenvalue weighted by atomic mass is 16.4. The van der Waals surface area contributed by atoms with Crippen LogP contribution in [-0.4, -0.2) is 22.5 Å². The zero-order valence-electron chi connectivity index (χ0n) is 8.30. The quantitative estimate of drug-likeness (QED) is 0.735. The number of aromatic hydroxyl groups is 1. The lowest BCUT2D eigenvalue weighted by Crippen LogP contribution is -2.13. The van der Waals surface area contributed by atoms with E-state index in [1.807, 2.05) is 0 Å². The van der Waals surface area contributed by atoms with Crippen LogP contribution in [0.1, 0.15) is 22.8 Å². The summed E-state index contributed by atoms with van der Waals surface area (Å²) in [6.07, 6.45) is 0.896. The topological polar surface area (TPSA) is 74.6 Å². The third-order valence-electron chi connectivity index (χ3n) is 2.20. The Morgan fingerprint density at radius 1 is 1.53 bits per heavy atom. The van der Waals surface area contributed by atoms with Gasteiger partial charge < -0.3 is 10.2 Å². The van der Waals surface area contributed by atoms with Crippen LogP contribution in [0.5, 0.6) is 5.75 Å². The van der Waals surface area contributed by atoms with Crippen molar-refractivity contribution in [1.82, 2.24) is 0 Å². The van der Waals surface area contributed by atoms with Gasteiger partial charge in [0.1, 0.15) is 12.0 Å². The summed E-state index contributed by atoms with van der Waals surface area (Å²) in [6.45, 7) is 1.57. The van der Waals surface area contributed by atoms with Crippen molar-refractivity contribution in [3.63, 3.8) is 0 Å². The lowest BCUT2D eigenvalue weighted by Gasteiger charge is -2.08. The summed E-state index contributed by atoms with van der Waals surface area (Å²) in [6, 6.07) is 4.34. The zero-order valence-corrected chi connectivity index (χ0v) is 8.30. The van der Waals surface area contributed by atoms with Gasteiger partial charge in [0.05, 0.1) is 5.92 Å². The molecule has 1 unspecified atom stereocenters. The van der Waals surface area contributed by atoms with Crippen molar-refractivity contribution in [1.29, 1.82) is 0 Å². The molecule has 0 aliphatic rings. The summed E-state index contributed by atoms with van der Waals surface area (Å²) in [5.74, 6) is -1.45. The number of carboxylic acid groups (broad SMARTS) is 1. The Bertz CT molecular complexity index is 384. The number of hydrogen-bond donors (Lipinski definition) is 2. The van der Waals surface area contributed by atoms with Gasteiger partial charge in [-0.2, -0.15) is 0 Å². The van der Waals surface area contributed by atoms with Crippen LogP contribution in [0, 0.1) is 5.92 Å². The van der Waals surface area contributed by atoms with E-state index in [1.54, 1.807) is 13.0 Å². The second-order valence-corrected chi connectivity index (χ2v) is 3.44. The van der Waals surface area contributed by atoms with Crippen molar-refractivity contribution in [2.75, 3.05) is 0 Å². The van der Waals surface area contributed by atoms with Gasteiger partial charge in [0.2, 0.25) is 0 Å². The van der Waals surface area contributed by atoms with E-state index in [9.17, 15) is 9.59 Å². The minimum atomic E-state index is -0.903. The first-order valence-corrected chi connectivity index (χ1v) is 4.54. The number of carbonyl (C=O) groups excluding carboxylic acids is 1. The fraction of sp³-hybridized carbons (Fsp3) is 0.273. The van der Waals surface area contributed by atoms with E-state index in [1.165, 1.54) is 12.1 Å². The third kappa shape index (κ3) is 2.80. The van der Waals surface area contributed by atoms with E-state index < -0.39 is 11.9 Å².